The minimum atomic E-state index is -4.48. The second kappa shape index (κ2) is 9.74. The number of carbonyl (C=O) groups is 2. The van der Waals surface area contributed by atoms with Crippen molar-refractivity contribution in [2.24, 2.45) is 0 Å². The van der Waals surface area contributed by atoms with Gasteiger partial charge in [-0.2, -0.15) is 13.2 Å². The lowest BCUT2D eigenvalue weighted by atomic mass is 9.95. The molecule has 1 aliphatic heterocycles. The van der Waals surface area contributed by atoms with Crippen LogP contribution < -0.4 is 10.6 Å². The molecule has 2 aromatic heterocycles. The van der Waals surface area contributed by atoms with Gasteiger partial charge in [-0.1, -0.05) is 0 Å². The highest BCUT2D eigenvalue weighted by Crippen LogP contribution is 2.43. The number of halogens is 3. The number of likely N-dealkylation sites (N-methyl/N-ethyl adjacent to an activating group) is 1. The average molecular weight is 530 g/mol. The predicted molar refractivity (Wildman–Crippen MR) is 131 cm³/mol. The van der Waals surface area contributed by atoms with Gasteiger partial charge in [-0.3, -0.25) is 5.32 Å². The van der Waals surface area contributed by atoms with Gasteiger partial charge in [0.15, 0.2) is 0 Å². The Kier molecular flexibility index (Phi) is 7.23. The standard InChI is InChI=1S/C24H30F3N3O3S2/c1-23(2,3)33-21(31)18-14-7-5-6-8-16(14)35-20(18)29-22(32)28-11-15-13-9-10-30(4)12-17(13)34-19(15)24(25,26)27/h5-12H2,1-4H3,(H2,28,29,32). The minimum absolute atomic E-state index is 0.138. The molecule has 0 spiro atoms. The summed E-state index contributed by atoms with van der Waals surface area (Å²) in [6, 6.07) is -0.644. The molecule has 2 aromatic rings. The van der Waals surface area contributed by atoms with Crippen LogP contribution in [0.3, 0.4) is 0 Å². The van der Waals surface area contributed by atoms with E-state index in [1.54, 1.807) is 20.8 Å². The van der Waals surface area contributed by atoms with Gasteiger partial charge in [0.1, 0.15) is 15.5 Å². The third-order valence-electron chi connectivity index (χ3n) is 6.04. The Morgan fingerprint density at radius 3 is 2.43 bits per heavy atom. The summed E-state index contributed by atoms with van der Waals surface area (Å²) in [5.41, 5.74) is 1.39. The molecule has 3 heterocycles. The number of alkyl halides is 3. The van der Waals surface area contributed by atoms with E-state index >= 15 is 0 Å². The lowest BCUT2D eigenvalue weighted by molar-refractivity contribution is -0.135. The van der Waals surface area contributed by atoms with Crippen molar-refractivity contribution in [2.75, 3.05) is 18.9 Å². The SMILES string of the molecule is CN1CCc2c(sc(C(F)(F)F)c2CNC(=O)Nc2sc3c(c2C(=O)OC(C)(C)C)CCCC3)C1. The van der Waals surface area contributed by atoms with Crippen LogP contribution in [0.4, 0.5) is 23.0 Å². The fourth-order valence-corrected chi connectivity index (χ4v) is 7.11. The van der Waals surface area contributed by atoms with Crippen molar-refractivity contribution in [2.45, 2.75) is 77.7 Å². The summed E-state index contributed by atoms with van der Waals surface area (Å²) in [5, 5.41) is 5.71. The number of carbonyl (C=O) groups excluding carboxylic acids is 2. The molecule has 0 unspecified atom stereocenters. The zero-order chi connectivity index (χ0) is 25.5. The summed E-state index contributed by atoms with van der Waals surface area (Å²) in [4.78, 5) is 28.8. The van der Waals surface area contributed by atoms with Crippen molar-refractivity contribution in [3.63, 3.8) is 0 Å². The quantitative estimate of drug-likeness (QED) is 0.479. The van der Waals surface area contributed by atoms with Gasteiger partial charge in [0.05, 0.1) is 5.56 Å². The van der Waals surface area contributed by atoms with Crippen molar-refractivity contribution in [3.05, 3.63) is 36.9 Å². The molecule has 6 nitrogen and oxygen atoms in total. The predicted octanol–water partition coefficient (Wildman–Crippen LogP) is 5.97. The van der Waals surface area contributed by atoms with Crippen LogP contribution >= 0.6 is 22.7 Å². The Morgan fingerprint density at radius 1 is 1.03 bits per heavy atom. The summed E-state index contributed by atoms with van der Waals surface area (Å²) >= 11 is 2.10. The number of fused-ring (bicyclic) bond motifs is 2. The first kappa shape index (κ1) is 26.0. The number of esters is 1. The summed E-state index contributed by atoms with van der Waals surface area (Å²) in [7, 11) is 1.88. The number of hydrogen-bond donors (Lipinski definition) is 2. The first-order chi connectivity index (χ1) is 16.3. The van der Waals surface area contributed by atoms with E-state index in [0.717, 1.165) is 47.5 Å². The van der Waals surface area contributed by atoms with E-state index in [0.29, 0.717) is 40.5 Å². The van der Waals surface area contributed by atoms with Crippen molar-refractivity contribution in [3.8, 4) is 0 Å². The van der Waals surface area contributed by atoms with Crippen LogP contribution in [0.25, 0.3) is 0 Å². The number of aryl methyl sites for hydroxylation is 1. The van der Waals surface area contributed by atoms with Gasteiger partial charge >= 0.3 is 18.2 Å². The maximum atomic E-state index is 13.7. The molecule has 35 heavy (non-hydrogen) atoms. The number of hydrogen-bond acceptors (Lipinski definition) is 6. The number of nitrogens with zero attached hydrogens (tertiary/aromatic N) is 1. The van der Waals surface area contributed by atoms with Crippen molar-refractivity contribution >= 4 is 39.7 Å². The molecule has 11 heteroatoms. The lowest BCUT2D eigenvalue weighted by Crippen LogP contribution is -2.31. The van der Waals surface area contributed by atoms with E-state index in [9.17, 15) is 22.8 Å². The van der Waals surface area contributed by atoms with Crippen LogP contribution in [0.15, 0.2) is 0 Å². The Hall–Kier alpha value is -2.11. The van der Waals surface area contributed by atoms with Gasteiger partial charge in [-0.15, -0.1) is 22.7 Å². The highest BCUT2D eigenvalue weighted by molar-refractivity contribution is 7.17. The van der Waals surface area contributed by atoms with Gasteiger partial charge < -0.3 is 15.0 Å². The molecular weight excluding hydrogens is 499 g/mol. The van der Waals surface area contributed by atoms with Crippen LogP contribution in [0, 0.1) is 0 Å². The third kappa shape index (κ3) is 5.83. The molecule has 1 aliphatic carbocycles. The highest BCUT2D eigenvalue weighted by atomic mass is 32.1. The minimum Gasteiger partial charge on any atom is -0.456 e. The van der Waals surface area contributed by atoms with Crippen LogP contribution in [0.1, 0.15) is 75.3 Å². The number of urea groups is 1. The molecule has 0 aromatic carbocycles. The Labute approximate surface area is 210 Å². The molecule has 4 rings (SSSR count). The Bertz CT molecular complexity index is 1130. The molecule has 2 amide bonds. The molecule has 0 saturated heterocycles. The summed E-state index contributed by atoms with van der Waals surface area (Å²) in [6.07, 6.45) is -0.463. The summed E-state index contributed by atoms with van der Waals surface area (Å²) < 4.78 is 46.8. The highest BCUT2D eigenvalue weighted by Gasteiger charge is 2.39. The normalized spacial score (nSPS) is 16.4. The zero-order valence-electron chi connectivity index (χ0n) is 20.3. The molecule has 0 atom stereocenters. The number of rotatable bonds is 4. The van der Waals surface area contributed by atoms with Crippen LogP contribution in [0.2, 0.25) is 0 Å². The number of anilines is 1. The van der Waals surface area contributed by atoms with Gasteiger partial charge in [0.2, 0.25) is 0 Å². The number of nitrogens with one attached hydrogen (secondary N) is 2. The topological polar surface area (TPSA) is 70.7 Å². The second-order valence-electron chi connectivity index (χ2n) is 10.0. The summed E-state index contributed by atoms with van der Waals surface area (Å²) in [6.45, 7) is 6.24. The van der Waals surface area contributed by atoms with Gasteiger partial charge in [-0.05, 0) is 76.6 Å². The molecular formula is C24H30F3N3O3S2. The average Bonchev–Trinajstić information content (AvgIpc) is 3.28. The molecule has 2 aliphatic rings. The number of thiophene rings is 2. The molecule has 2 N–H and O–H groups in total. The van der Waals surface area contributed by atoms with Gasteiger partial charge in [0, 0.05) is 29.4 Å². The van der Waals surface area contributed by atoms with Gasteiger partial charge in [-0.25, -0.2) is 9.59 Å². The largest absolute Gasteiger partial charge is 0.456 e. The Morgan fingerprint density at radius 2 is 1.74 bits per heavy atom. The monoisotopic (exact) mass is 529 g/mol. The van der Waals surface area contributed by atoms with E-state index < -0.39 is 28.7 Å². The first-order valence-corrected chi connectivity index (χ1v) is 13.3. The van der Waals surface area contributed by atoms with Gasteiger partial charge in [0.25, 0.3) is 0 Å². The molecule has 0 saturated carbocycles. The number of ether oxygens (including phenoxy) is 1. The molecule has 0 fully saturated rings. The smallest absolute Gasteiger partial charge is 0.425 e. The fraction of sp³-hybridized carbons (Fsp3) is 0.583. The second-order valence-corrected chi connectivity index (χ2v) is 12.2. The van der Waals surface area contributed by atoms with E-state index in [4.69, 9.17) is 4.74 Å². The van der Waals surface area contributed by atoms with Crippen molar-refractivity contribution in [1.29, 1.82) is 0 Å². The zero-order valence-corrected chi connectivity index (χ0v) is 21.9. The van der Waals surface area contributed by atoms with Crippen LogP contribution in [-0.4, -0.2) is 36.1 Å². The Balaban J connectivity index is 1.54. The summed E-state index contributed by atoms with van der Waals surface area (Å²) in [5.74, 6) is -0.498. The van der Waals surface area contributed by atoms with Crippen molar-refractivity contribution < 1.29 is 27.5 Å². The lowest BCUT2D eigenvalue weighted by Gasteiger charge is -2.23. The third-order valence-corrected chi connectivity index (χ3v) is 8.55. The molecule has 0 radical (unpaired) electrons. The van der Waals surface area contributed by atoms with E-state index in [1.807, 2.05) is 11.9 Å². The van der Waals surface area contributed by atoms with Crippen LogP contribution in [0.5, 0.6) is 0 Å². The van der Waals surface area contributed by atoms with E-state index in [-0.39, 0.29) is 12.1 Å². The molecule has 0 bridgehead atoms. The van der Waals surface area contributed by atoms with Crippen LogP contribution in [-0.2, 0) is 43.3 Å². The van der Waals surface area contributed by atoms with Crippen molar-refractivity contribution in [1.82, 2.24) is 10.2 Å². The maximum Gasteiger partial charge on any atom is 0.425 e. The fourth-order valence-electron chi connectivity index (χ4n) is 4.53. The van der Waals surface area contributed by atoms with E-state index in [2.05, 4.69) is 10.6 Å². The molecule has 192 valence electrons. The van der Waals surface area contributed by atoms with E-state index in [1.165, 1.54) is 11.3 Å². The maximum absolute atomic E-state index is 13.7. The number of amides is 2. The first-order valence-electron chi connectivity index (χ1n) is 11.7.